The lowest BCUT2D eigenvalue weighted by Crippen LogP contribution is -2.08. The lowest BCUT2D eigenvalue weighted by molar-refractivity contribution is 0.699. The molecule has 0 radical (unpaired) electrons. The van der Waals surface area contributed by atoms with E-state index in [2.05, 4.69) is 49.4 Å². The summed E-state index contributed by atoms with van der Waals surface area (Å²) in [4.78, 5) is 0. The summed E-state index contributed by atoms with van der Waals surface area (Å²) in [6.45, 7) is 2.13. The van der Waals surface area contributed by atoms with Gasteiger partial charge < -0.3 is 5.73 Å². The van der Waals surface area contributed by atoms with Gasteiger partial charge in [0, 0.05) is 6.04 Å². The van der Waals surface area contributed by atoms with E-state index in [4.69, 9.17) is 5.73 Å². The molecule has 0 saturated carbocycles. The first kappa shape index (κ1) is 12.4. The lowest BCUT2D eigenvalue weighted by atomic mass is 9.96. The van der Waals surface area contributed by atoms with Gasteiger partial charge in [0.05, 0.1) is 0 Å². The van der Waals surface area contributed by atoms with Crippen molar-refractivity contribution in [1.29, 1.82) is 0 Å². The Morgan fingerprint density at radius 1 is 1.00 bits per heavy atom. The van der Waals surface area contributed by atoms with Gasteiger partial charge in [0.15, 0.2) is 0 Å². The minimum atomic E-state index is 0.148. The maximum absolute atomic E-state index is 6.13. The van der Waals surface area contributed by atoms with Crippen LogP contribution in [0.3, 0.4) is 0 Å². The average molecular weight is 251 g/mol. The van der Waals surface area contributed by atoms with Crippen molar-refractivity contribution in [2.45, 2.75) is 38.6 Å². The predicted molar refractivity (Wildman–Crippen MR) is 81.1 cm³/mol. The van der Waals surface area contributed by atoms with E-state index in [1.165, 1.54) is 47.1 Å². The highest BCUT2D eigenvalue weighted by atomic mass is 14.6. The summed E-state index contributed by atoms with van der Waals surface area (Å²) in [6.07, 6.45) is 4.76. The summed E-state index contributed by atoms with van der Waals surface area (Å²) in [6, 6.07) is 15.7. The summed E-state index contributed by atoms with van der Waals surface area (Å²) in [5.74, 6) is 0. The van der Waals surface area contributed by atoms with E-state index in [-0.39, 0.29) is 6.04 Å². The van der Waals surface area contributed by atoms with Crippen LogP contribution in [-0.4, -0.2) is 0 Å². The summed E-state index contributed by atoms with van der Waals surface area (Å²) in [5, 5.41) is 0. The lowest BCUT2D eigenvalue weighted by Gasteiger charge is -2.12. The Bertz CT molecular complexity index is 586. The van der Waals surface area contributed by atoms with Gasteiger partial charge in [0.1, 0.15) is 0 Å². The van der Waals surface area contributed by atoms with Crippen molar-refractivity contribution >= 4 is 0 Å². The zero-order valence-corrected chi connectivity index (χ0v) is 11.5. The normalized spacial score (nSPS) is 15.3. The monoisotopic (exact) mass is 251 g/mol. The summed E-state index contributed by atoms with van der Waals surface area (Å²) >= 11 is 0. The average Bonchev–Trinajstić information content (AvgIpc) is 2.94. The molecule has 0 aliphatic heterocycles. The van der Waals surface area contributed by atoms with Crippen LogP contribution < -0.4 is 5.73 Å². The van der Waals surface area contributed by atoms with Gasteiger partial charge in [-0.1, -0.05) is 43.3 Å². The highest BCUT2D eigenvalue weighted by Gasteiger charge is 2.12. The molecule has 1 aliphatic carbocycles. The summed E-state index contributed by atoms with van der Waals surface area (Å²) in [5.41, 5.74) is 13.0. The Morgan fingerprint density at radius 3 is 2.63 bits per heavy atom. The van der Waals surface area contributed by atoms with Gasteiger partial charge in [0.25, 0.3) is 0 Å². The molecule has 98 valence electrons. The fourth-order valence-corrected chi connectivity index (χ4v) is 2.94. The first-order valence-electron chi connectivity index (χ1n) is 7.25. The van der Waals surface area contributed by atoms with Gasteiger partial charge in [-0.2, -0.15) is 0 Å². The second kappa shape index (κ2) is 5.18. The Kier molecular flexibility index (Phi) is 3.39. The molecule has 0 spiro atoms. The smallest absolute Gasteiger partial charge is 0.0292 e. The van der Waals surface area contributed by atoms with Crippen LogP contribution in [0.4, 0.5) is 0 Å². The second-order valence-corrected chi connectivity index (χ2v) is 5.48. The molecule has 0 amide bonds. The van der Waals surface area contributed by atoms with Crippen molar-refractivity contribution in [3.8, 4) is 11.1 Å². The quantitative estimate of drug-likeness (QED) is 0.867. The molecule has 0 fully saturated rings. The minimum absolute atomic E-state index is 0.148. The van der Waals surface area contributed by atoms with E-state index < -0.39 is 0 Å². The summed E-state index contributed by atoms with van der Waals surface area (Å²) in [7, 11) is 0. The largest absolute Gasteiger partial charge is 0.324 e. The van der Waals surface area contributed by atoms with E-state index in [0.29, 0.717) is 0 Å². The molecule has 1 unspecified atom stereocenters. The molecule has 1 nitrogen and oxygen atoms in total. The van der Waals surface area contributed by atoms with Gasteiger partial charge >= 0.3 is 0 Å². The third-order valence-electron chi connectivity index (χ3n) is 4.19. The van der Waals surface area contributed by atoms with Crippen LogP contribution in [0.5, 0.6) is 0 Å². The molecule has 0 heterocycles. The van der Waals surface area contributed by atoms with E-state index in [9.17, 15) is 0 Å². The third kappa shape index (κ3) is 2.43. The van der Waals surface area contributed by atoms with Crippen LogP contribution in [0.15, 0.2) is 42.5 Å². The number of hydrogen-bond acceptors (Lipinski definition) is 1. The molecule has 1 atom stereocenters. The van der Waals surface area contributed by atoms with E-state index in [1.54, 1.807) is 0 Å². The molecule has 2 aromatic rings. The van der Waals surface area contributed by atoms with Crippen molar-refractivity contribution in [2.75, 3.05) is 0 Å². The van der Waals surface area contributed by atoms with Crippen LogP contribution in [0.1, 0.15) is 42.5 Å². The number of benzene rings is 2. The molecule has 2 N–H and O–H groups in total. The number of aryl methyl sites for hydroxylation is 2. The number of nitrogens with two attached hydrogens (primary N) is 1. The van der Waals surface area contributed by atoms with E-state index >= 15 is 0 Å². The highest BCUT2D eigenvalue weighted by Crippen LogP contribution is 2.29. The minimum Gasteiger partial charge on any atom is -0.324 e. The van der Waals surface area contributed by atoms with Crippen LogP contribution in [0.2, 0.25) is 0 Å². The number of hydrogen-bond donors (Lipinski definition) is 1. The van der Waals surface area contributed by atoms with Crippen molar-refractivity contribution in [3.63, 3.8) is 0 Å². The van der Waals surface area contributed by atoms with Gasteiger partial charge in [-0.15, -0.1) is 0 Å². The maximum atomic E-state index is 6.13. The maximum Gasteiger partial charge on any atom is 0.0292 e. The molecule has 19 heavy (non-hydrogen) atoms. The molecule has 1 aliphatic rings. The first-order valence-corrected chi connectivity index (χ1v) is 7.25. The van der Waals surface area contributed by atoms with Crippen molar-refractivity contribution in [2.24, 2.45) is 5.73 Å². The first-order chi connectivity index (χ1) is 9.28. The standard InChI is InChI=1S/C18H21N/c1-2-18(19)17-8-4-7-15(12-17)16-10-9-13-5-3-6-14(13)11-16/h4,7-12,18H,2-3,5-6,19H2,1H3. The highest BCUT2D eigenvalue weighted by molar-refractivity contribution is 5.66. The SMILES string of the molecule is CCC(N)c1cccc(-c2ccc3c(c2)CCC3)c1. The summed E-state index contributed by atoms with van der Waals surface area (Å²) < 4.78 is 0. The van der Waals surface area contributed by atoms with E-state index in [0.717, 1.165) is 6.42 Å². The van der Waals surface area contributed by atoms with Crippen LogP contribution in [0.25, 0.3) is 11.1 Å². The van der Waals surface area contributed by atoms with Gasteiger partial charge in [0.2, 0.25) is 0 Å². The molecule has 3 rings (SSSR count). The van der Waals surface area contributed by atoms with Gasteiger partial charge in [-0.25, -0.2) is 0 Å². The Morgan fingerprint density at radius 2 is 1.79 bits per heavy atom. The van der Waals surface area contributed by atoms with E-state index in [1.807, 2.05) is 0 Å². The Labute approximate surface area is 115 Å². The van der Waals surface area contributed by atoms with Crippen molar-refractivity contribution in [3.05, 3.63) is 59.2 Å². The molecule has 1 heteroatoms. The van der Waals surface area contributed by atoms with Crippen LogP contribution in [-0.2, 0) is 12.8 Å². The Balaban J connectivity index is 1.98. The van der Waals surface area contributed by atoms with Gasteiger partial charge in [-0.3, -0.25) is 0 Å². The van der Waals surface area contributed by atoms with Crippen LogP contribution in [0, 0.1) is 0 Å². The molecule has 0 saturated heterocycles. The molecule has 0 bridgehead atoms. The zero-order valence-electron chi connectivity index (χ0n) is 11.5. The Hall–Kier alpha value is -1.60. The van der Waals surface area contributed by atoms with Crippen molar-refractivity contribution < 1.29 is 0 Å². The zero-order chi connectivity index (χ0) is 13.2. The fraction of sp³-hybridized carbons (Fsp3) is 0.333. The predicted octanol–water partition coefficient (Wildman–Crippen LogP) is 4.25. The number of fused-ring (bicyclic) bond motifs is 1. The number of rotatable bonds is 3. The second-order valence-electron chi connectivity index (χ2n) is 5.48. The molecule has 0 aromatic heterocycles. The topological polar surface area (TPSA) is 26.0 Å². The third-order valence-corrected chi connectivity index (χ3v) is 4.19. The van der Waals surface area contributed by atoms with Gasteiger partial charge in [-0.05, 0) is 59.6 Å². The van der Waals surface area contributed by atoms with Crippen molar-refractivity contribution in [1.82, 2.24) is 0 Å². The van der Waals surface area contributed by atoms with Crippen LogP contribution >= 0.6 is 0 Å². The molecule has 2 aromatic carbocycles. The molecular weight excluding hydrogens is 230 g/mol. The molecular formula is C18H21N. The fourth-order valence-electron chi connectivity index (χ4n) is 2.94.